The number of aryl methyl sites for hydroxylation is 1. The molecule has 2 heterocycles. The van der Waals surface area contributed by atoms with Crippen molar-refractivity contribution in [3.05, 3.63) is 45.4 Å². The summed E-state index contributed by atoms with van der Waals surface area (Å²) in [6.45, 7) is 7.76. The van der Waals surface area contributed by atoms with Gasteiger partial charge in [-0.2, -0.15) is 0 Å². The molecule has 0 radical (unpaired) electrons. The monoisotopic (exact) mass is 412 g/mol. The molecule has 1 N–H and O–H groups in total. The topological polar surface area (TPSA) is 48.5 Å². The van der Waals surface area contributed by atoms with Crippen molar-refractivity contribution >= 4 is 22.9 Å². The van der Waals surface area contributed by atoms with Crippen LogP contribution in [0.25, 0.3) is 0 Å². The number of piperazine rings is 1. The molecular formula is C23H32N4OS. The van der Waals surface area contributed by atoms with Crippen LogP contribution in [-0.4, -0.2) is 60.5 Å². The number of rotatable bonds is 7. The molecule has 1 saturated heterocycles. The first-order chi connectivity index (χ1) is 14.1. The van der Waals surface area contributed by atoms with Gasteiger partial charge in [0, 0.05) is 49.2 Å². The second-order valence-electron chi connectivity index (χ2n) is 8.51. The number of anilines is 1. The van der Waals surface area contributed by atoms with E-state index in [0.717, 1.165) is 55.4 Å². The van der Waals surface area contributed by atoms with Crippen molar-refractivity contribution in [3.63, 3.8) is 0 Å². The third-order valence-corrected chi connectivity index (χ3v) is 7.55. The molecule has 5 nitrogen and oxygen atoms in total. The molecule has 1 aromatic carbocycles. The Morgan fingerprint density at radius 2 is 1.90 bits per heavy atom. The van der Waals surface area contributed by atoms with Crippen molar-refractivity contribution in [2.75, 3.05) is 45.1 Å². The van der Waals surface area contributed by atoms with Gasteiger partial charge < -0.3 is 15.1 Å². The van der Waals surface area contributed by atoms with Gasteiger partial charge in [-0.1, -0.05) is 18.6 Å². The van der Waals surface area contributed by atoms with Crippen LogP contribution in [0.5, 0.6) is 0 Å². The summed E-state index contributed by atoms with van der Waals surface area (Å²) < 4.78 is 0. The molecule has 156 valence electrons. The standard InChI is InChI=1S/C23H32N4OS/c1-17-21(29-23(24-17)19-4-3-5-19)16-22(28)25-20-8-6-18(7-9-20)10-11-27-14-12-26(2)13-15-27/h6-9,19H,3-5,10-16H2,1-2H3,(H,25,28). The largest absolute Gasteiger partial charge is 0.326 e. The molecule has 0 spiro atoms. The van der Waals surface area contributed by atoms with Crippen molar-refractivity contribution in [2.24, 2.45) is 0 Å². The SMILES string of the molecule is Cc1nc(C2CCC2)sc1CC(=O)Nc1ccc(CCN2CCN(C)CC2)cc1. The molecule has 0 bridgehead atoms. The van der Waals surface area contributed by atoms with Gasteiger partial charge in [0.15, 0.2) is 0 Å². The van der Waals surface area contributed by atoms with Crippen LogP contribution in [0.1, 0.15) is 46.3 Å². The maximum Gasteiger partial charge on any atom is 0.229 e. The Morgan fingerprint density at radius 3 is 2.55 bits per heavy atom. The number of carbonyl (C=O) groups is 1. The van der Waals surface area contributed by atoms with Crippen molar-refractivity contribution in [1.29, 1.82) is 0 Å². The van der Waals surface area contributed by atoms with E-state index in [-0.39, 0.29) is 5.91 Å². The van der Waals surface area contributed by atoms with Gasteiger partial charge in [0.2, 0.25) is 5.91 Å². The number of carbonyl (C=O) groups excluding carboxylic acids is 1. The fourth-order valence-corrected chi connectivity index (χ4v) is 5.14. The number of aromatic nitrogens is 1. The zero-order valence-electron chi connectivity index (χ0n) is 17.6. The highest BCUT2D eigenvalue weighted by Crippen LogP contribution is 2.39. The van der Waals surface area contributed by atoms with Crippen LogP contribution < -0.4 is 5.32 Å². The second kappa shape index (κ2) is 9.37. The number of amides is 1. The van der Waals surface area contributed by atoms with E-state index in [2.05, 4.69) is 34.3 Å². The van der Waals surface area contributed by atoms with Crippen LogP contribution in [-0.2, 0) is 17.6 Å². The first kappa shape index (κ1) is 20.5. The second-order valence-corrected chi connectivity index (χ2v) is 9.62. The molecule has 1 aliphatic heterocycles. The van der Waals surface area contributed by atoms with E-state index < -0.39 is 0 Å². The van der Waals surface area contributed by atoms with E-state index in [4.69, 9.17) is 4.98 Å². The minimum atomic E-state index is 0.0436. The van der Waals surface area contributed by atoms with Gasteiger partial charge in [0.25, 0.3) is 0 Å². The van der Waals surface area contributed by atoms with Crippen LogP contribution in [0.3, 0.4) is 0 Å². The molecule has 1 saturated carbocycles. The normalized spacial score (nSPS) is 18.6. The van der Waals surface area contributed by atoms with Crippen molar-refractivity contribution in [2.45, 2.75) is 44.9 Å². The molecule has 0 unspecified atom stereocenters. The Labute approximate surface area is 178 Å². The minimum Gasteiger partial charge on any atom is -0.326 e. The van der Waals surface area contributed by atoms with Crippen molar-refractivity contribution in [3.8, 4) is 0 Å². The fourth-order valence-electron chi connectivity index (χ4n) is 3.91. The van der Waals surface area contributed by atoms with Gasteiger partial charge in [-0.25, -0.2) is 4.98 Å². The van der Waals surface area contributed by atoms with Gasteiger partial charge in [-0.15, -0.1) is 11.3 Å². The van der Waals surface area contributed by atoms with Gasteiger partial charge in [0.05, 0.1) is 17.1 Å². The van der Waals surface area contributed by atoms with Crippen molar-refractivity contribution < 1.29 is 4.79 Å². The number of nitrogens with one attached hydrogen (secondary N) is 1. The van der Waals surface area contributed by atoms with Crippen LogP contribution in [0.4, 0.5) is 5.69 Å². The molecule has 1 amide bonds. The number of thiazole rings is 1. The number of hydrogen-bond donors (Lipinski definition) is 1. The molecule has 0 atom stereocenters. The molecule has 6 heteroatoms. The molecular weight excluding hydrogens is 380 g/mol. The van der Waals surface area contributed by atoms with Gasteiger partial charge >= 0.3 is 0 Å². The van der Waals surface area contributed by atoms with E-state index in [1.165, 1.54) is 29.8 Å². The first-order valence-corrected chi connectivity index (χ1v) is 11.6. The molecule has 1 aromatic heterocycles. The summed E-state index contributed by atoms with van der Waals surface area (Å²) in [5.74, 6) is 0.677. The highest BCUT2D eigenvalue weighted by Gasteiger charge is 2.24. The smallest absolute Gasteiger partial charge is 0.229 e. The highest BCUT2D eigenvalue weighted by atomic mass is 32.1. The Bertz CT molecular complexity index is 820. The van der Waals surface area contributed by atoms with E-state index in [1.807, 2.05) is 19.1 Å². The van der Waals surface area contributed by atoms with Crippen LogP contribution in [0, 0.1) is 6.92 Å². The zero-order chi connectivity index (χ0) is 20.2. The molecule has 2 aliphatic rings. The number of hydrogen-bond acceptors (Lipinski definition) is 5. The van der Waals surface area contributed by atoms with E-state index in [0.29, 0.717) is 12.3 Å². The Kier molecular flexibility index (Phi) is 6.63. The maximum atomic E-state index is 12.5. The molecule has 4 rings (SSSR count). The minimum absolute atomic E-state index is 0.0436. The molecule has 1 aliphatic carbocycles. The third kappa shape index (κ3) is 5.44. The van der Waals surface area contributed by atoms with Crippen LogP contribution >= 0.6 is 11.3 Å². The Morgan fingerprint density at radius 1 is 1.17 bits per heavy atom. The van der Waals surface area contributed by atoms with E-state index >= 15 is 0 Å². The lowest BCUT2D eigenvalue weighted by molar-refractivity contribution is -0.115. The summed E-state index contributed by atoms with van der Waals surface area (Å²) in [5, 5.41) is 4.27. The van der Waals surface area contributed by atoms with Crippen LogP contribution in [0.15, 0.2) is 24.3 Å². The average Bonchev–Trinajstić information content (AvgIpc) is 3.00. The lowest BCUT2D eigenvalue weighted by Crippen LogP contribution is -2.45. The third-order valence-electron chi connectivity index (χ3n) is 6.24. The quantitative estimate of drug-likeness (QED) is 0.754. The first-order valence-electron chi connectivity index (χ1n) is 10.8. The molecule has 2 aromatic rings. The van der Waals surface area contributed by atoms with Gasteiger partial charge in [-0.05, 0) is 50.9 Å². The average molecular weight is 413 g/mol. The number of likely N-dealkylation sites (N-methyl/N-ethyl adjacent to an activating group) is 1. The summed E-state index contributed by atoms with van der Waals surface area (Å²) >= 11 is 1.73. The molecule has 2 fully saturated rings. The van der Waals surface area contributed by atoms with Crippen LogP contribution in [0.2, 0.25) is 0 Å². The predicted molar refractivity (Wildman–Crippen MR) is 120 cm³/mol. The number of nitrogens with zero attached hydrogens (tertiary/aromatic N) is 3. The van der Waals surface area contributed by atoms with Gasteiger partial charge in [0.1, 0.15) is 0 Å². The Hall–Kier alpha value is -1.76. The summed E-state index contributed by atoms with van der Waals surface area (Å²) in [7, 11) is 2.19. The fraction of sp³-hybridized carbons (Fsp3) is 0.565. The van der Waals surface area contributed by atoms with Gasteiger partial charge in [-0.3, -0.25) is 4.79 Å². The zero-order valence-corrected chi connectivity index (χ0v) is 18.4. The summed E-state index contributed by atoms with van der Waals surface area (Å²) in [5.41, 5.74) is 3.22. The highest BCUT2D eigenvalue weighted by molar-refractivity contribution is 7.12. The molecule has 29 heavy (non-hydrogen) atoms. The lowest BCUT2D eigenvalue weighted by atomic mass is 9.86. The maximum absolute atomic E-state index is 12.5. The summed E-state index contributed by atoms with van der Waals surface area (Å²) in [6, 6.07) is 8.32. The lowest BCUT2D eigenvalue weighted by Gasteiger charge is -2.32. The van der Waals surface area contributed by atoms with E-state index in [1.54, 1.807) is 11.3 Å². The number of benzene rings is 1. The van der Waals surface area contributed by atoms with E-state index in [9.17, 15) is 4.79 Å². The van der Waals surface area contributed by atoms with Crippen molar-refractivity contribution in [1.82, 2.24) is 14.8 Å². The summed E-state index contributed by atoms with van der Waals surface area (Å²) in [4.78, 5) is 23.2. The predicted octanol–water partition coefficient (Wildman–Crippen LogP) is 3.69. The summed E-state index contributed by atoms with van der Waals surface area (Å²) in [6.07, 6.45) is 5.29. The Balaban J connectivity index is 1.25.